The van der Waals surface area contributed by atoms with Crippen molar-refractivity contribution in [1.82, 2.24) is 9.80 Å². The van der Waals surface area contributed by atoms with E-state index < -0.39 is 0 Å². The van der Waals surface area contributed by atoms with Crippen molar-refractivity contribution in [2.24, 2.45) is 0 Å². The Balaban J connectivity index is 2.05. The predicted octanol–water partition coefficient (Wildman–Crippen LogP) is 2.10. The van der Waals surface area contributed by atoms with Crippen LogP contribution in [0.5, 0.6) is 0 Å². The van der Waals surface area contributed by atoms with Crippen molar-refractivity contribution < 1.29 is 4.79 Å². The molecular weight excluding hydrogens is 250 g/mol. The average molecular weight is 275 g/mol. The Morgan fingerprint density at radius 3 is 2.80 bits per heavy atom. The van der Waals surface area contributed by atoms with Crippen molar-refractivity contribution in [3.05, 3.63) is 29.8 Å². The van der Waals surface area contributed by atoms with E-state index in [2.05, 4.69) is 11.0 Å². The van der Waals surface area contributed by atoms with Gasteiger partial charge in [-0.1, -0.05) is 12.1 Å². The zero-order chi connectivity index (χ0) is 14.5. The maximum Gasteiger partial charge on any atom is 0.239 e. The smallest absolute Gasteiger partial charge is 0.239 e. The van der Waals surface area contributed by atoms with Gasteiger partial charge in [-0.2, -0.15) is 0 Å². The van der Waals surface area contributed by atoms with Gasteiger partial charge in [0.05, 0.1) is 6.04 Å². The van der Waals surface area contributed by atoms with Gasteiger partial charge in [0.25, 0.3) is 0 Å². The molecule has 1 aromatic rings. The SMILES string of the molecule is CCN(CC)C(=O)C1CCCN1Cc1cccc(N)c1. The van der Waals surface area contributed by atoms with Crippen LogP contribution in [0.15, 0.2) is 24.3 Å². The van der Waals surface area contributed by atoms with E-state index in [1.807, 2.05) is 36.9 Å². The van der Waals surface area contributed by atoms with Gasteiger partial charge in [-0.15, -0.1) is 0 Å². The summed E-state index contributed by atoms with van der Waals surface area (Å²) in [6.45, 7) is 7.46. The summed E-state index contributed by atoms with van der Waals surface area (Å²) in [5.41, 5.74) is 7.79. The minimum absolute atomic E-state index is 0.0383. The number of nitrogens with two attached hydrogens (primary N) is 1. The molecule has 1 fully saturated rings. The fourth-order valence-electron chi connectivity index (χ4n) is 2.97. The van der Waals surface area contributed by atoms with E-state index in [0.29, 0.717) is 0 Å². The number of nitrogen functional groups attached to an aromatic ring is 1. The molecule has 0 aliphatic carbocycles. The van der Waals surface area contributed by atoms with Crippen LogP contribution >= 0.6 is 0 Å². The summed E-state index contributed by atoms with van der Waals surface area (Å²) < 4.78 is 0. The van der Waals surface area contributed by atoms with Crippen LogP contribution in [-0.2, 0) is 11.3 Å². The Morgan fingerprint density at radius 1 is 1.40 bits per heavy atom. The van der Waals surface area contributed by atoms with Crippen molar-refractivity contribution in [3.8, 4) is 0 Å². The lowest BCUT2D eigenvalue weighted by Crippen LogP contribution is -2.45. The molecule has 4 heteroatoms. The molecule has 1 aliphatic rings. The second-order valence-electron chi connectivity index (χ2n) is 5.38. The number of carbonyl (C=O) groups is 1. The van der Waals surface area contributed by atoms with Gasteiger partial charge in [0.15, 0.2) is 0 Å². The van der Waals surface area contributed by atoms with Gasteiger partial charge >= 0.3 is 0 Å². The normalized spacial score (nSPS) is 19.2. The minimum atomic E-state index is 0.0383. The number of nitrogens with zero attached hydrogens (tertiary/aromatic N) is 2. The second kappa shape index (κ2) is 6.75. The third-order valence-electron chi connectivity index (χ3n) is 4.06. The van der Waals surface area contributed by atoms with Gasteiger partial charge in [0.1, 0.15) is 0 Å². The number of carbonyl (C=O) groups excluding carboxylic acids is 1. The Labute approximate surface area is 121 Å². The third kappa shape index (κ3) is 3.31. The first kappa shape index (κ1) is 14.9. The molecule has 4 nitrogen and oxygen atoms in total. The second-order valence-corrected chi connectivity index (χ2v) is 5.38. The van der Waals surface area contributed by atoms with Crippen LogP contribution in [0.25, 0.3) is 0 Å². The molecule has 1 aromatic carbocycles. The molecule has 0 radical (unpaired) electrons. The van der Waals surface area contributed by atoms with Gasteiger partial charge in [-0.25, -0.2) is 0 Å². The number of rotatable bonds is 5. The monoisotopic (exact) mass is 275 g/mol. The highest BCUT2D eigenvalue weighted by Gasteiger charge is 2.32. The van der Waals surface area contributed by atoms with Gasteiger partial charge in [0.2, 0.25) is 5.91 Å². The zero-order valence-electron chi connectivity index (χ0n) is 12.5. The number of benzene rings is 1. The molecule has 1 aliphatic heterocycles. The fourth-order valence-corrected chi connectivity index (χ4v) is 2.97. The highest BCUT2D eigenvalue weighted by atomic mass is 16.2. The number of likely N-dealkylation sites (tertiary alicyclic amines) is 1. The molecule has 2 N–H and O–H groups in total. The predicted molar refractivity (Wildman–Crippen MR) is 82.2 cm³/mol. The molecule has 20 heavy (non-hydrogen) atoms. The highest BCUT2D eigenvalue weighted by Crippen LogP contribution is 2.22. The first-order valence-electron chi connectivity index (χ1n) is 7.53. The first-order chi connectivity index (χ1) is 9.65. The highest BCUT2D eigenvalue weighted by molar-refractivity contribution is 5.82. The van der Waals surface area contributed by atoms with E-state index in [1.165, 1.54) is 5.56 Å². The summed E-state index contributed by atoms with van der Waals surface area (Å²) in [5.74, 6) is 0.274. The summed E-state index contributed by atoms with van der Waals surface area (Å²) in [6, 6.07) is 7.98. The maximum atomic E-state index is 12.5. The van der Waals surface area contributed by atoms with Crippen LogP contribution < -0.4 is 5.73 Å². The molecular formula is C16H25N3O. The topological polar surface area (TPSA) is 49.6 Å². The molecule has 2 rings (SSSR count). The Morgan fingerprint density at radius 2 is 2.15 bits per heavy atom. The van der Waals surface area contributed by atoms with Crippen molar-refractivity contribution in [2.45, 2.75) is 39.3 Å². The Hall–Kier alpha value is -1.55. The average Bonchev–Trinajstić information content (AvgIpc) is 2.88. The molecule has 0 saturated carbocycles. The summed E-state index contributed by atoms with van der Waals surface area (Å²) in [6.07, 6.45) is 2.07. The first-order valence-corrected chi connectivity index (χ1v) is 7.53. The number of likely N-dealkylation sites (N-methyl/N-ethyl adjacent to an activating group) is 1. The molecule has 1 atom stereocenters. The van der Waals surface area contributed by atoms with E-state index in [1.54, 1.807) is 0 Å². The molecule has 0 bridgehead atoms. The number of hydrogen-bond donors (Lipinski definition) is 1. The molecule has 1 amide bonds. The third-order valence-corrected chi connectivity index (χ3v) is 4.06. The molecule has 1 saturated heterocycles. The molecule has 0 spiro atoms. The number of amides is 1. The summed E-state index contributed by atoms with van der Waals surface area (Å²) in [5, 5.41) is 0. The summed E-state index contributed by atoms with van der Waals surface area (Å²) in [7, 11) is 0. The minimum Gasteiger partial charge on any atom is -0.399 e. The molecule has 110 valence electrons. The zero-order valence-corrected chi connectivity index (χ0v) is 12.5. The van der Waals surface area contributed by atoms with E-state index in [-0.39, 0.29) is 11.9 Å². The molecule has 1 heterocycles. The van der Waals surface area contributed by atoms with Crippen molar-refractivity contribution in [2.75, 3.05) is 25.4 Å². The van der Waals surface area contributed by atoms with Crippen LogP contribution in [0.2, 0.25) is 0 Å². The lowest BCUT2D eigenvalue weighted by molar-refractivity contribution is -0.135. The van der Waals surface area contributed by atoms with Crippen LogP contribution in [0.3, 0.4) is 0 Å². The maximum absolute atomic E-state index is 12.5. The lowest BCUT2D eigenvalue weighted by atomic mass is 10.1. The van der Waals surface area contributed by atoms with Crippen molar-refractivity contribution >= 4 is 11.6 Å². The van der Waals surface area contributed by atoms with Crippen LogP contribution in [0.4, 0.5) is 5.69 Å². The van der Waals surface area contributed by atoms with Crippen molar-refractivity contribution in [1.29, 1.82) is 0 Å². The molecule has 0 aromatic heterocycles. The van der Waals surface area contributed by atoms with Gasteiger partial charge < -0.3 is 10.6 Å². The van der Waals surface area contributed by atoms with E-state index in [0.717, 1.165) is 44.7 Å². The van der Waals surface area contributed by atoms with Crippen LogP contribution in [-0.4, -0.2) is 41.4 Å². The number of anilines is 1. The molecule has 1 unspecified atom stereocenters. The van der Waals surface area contributed by atoms with Crippen LogP contribution in [0, 0.1) is 0 Å². The van der Waals surface area contributed by atoms with Gasteiger partial charge in [-0.3, -0.25) is 9.69 Å². The van der Waals surface area contributed by atoms with E-state index in [9.17, 15) is 4.79 Å². The Kier molecular flexibility index (Phi) is 5.01. The standard InChI is InChI=1S/C16H25N3O/c1-3-18(4-2)16(20)15-9-6-10-19(15)12-13-7-5-8-14(17)11-13/h5,7-8,11,15H,3-4,6,9-10,12,17H2,1-2H3. The van der Waals surface area contributed by atoms with E-state index >= 15 is 0 Å². The quantitative estimate of drug-likeness (QED) is 0.837. The van der Waals surface area contributed by atoms with Gasteiger partial charge in [0, 0.05) is 25.3 Å². The summed E-state index contributed by atoms with van der Waals surface area (Å²) >= 11 is 0. The Bertz CT molecular complexity index is 457. The largest absolute Gasteiger partial charge is 0.399 e. The van der Waals surface area contributed by atoms with Gasteiger partial charge in [-0.05, 0) is 50.9 Å². The van der Waals surface area contributed by atoms with E-state index in [4.69, 9.17) is 5.73 Å². The summed E-state index contributed by atoms with van der Waals surface area (Å²) in [4.78, 5) is 16.8. The van der Waals surface area contributed by atoms with Crippen molar-refractivity contribution in [3.63, 3.8) is 0 Å². The fraction of sp³-hybridized carbons (Fsp3) is 0.562. The van der Waals surface area contributed by atoms with Crippen LogP contribution in [0.1, 0.15) is 32.3 Å². The number of hydrogen-bond acceptors (Lipinski definition) is 3. The lowest BCUT2D eigenvalue weighted by Gasteiger charge is -2.29.